The van der Waals surface area contributed by atoms with Gasteiger partial charge in [0.25, 0.3) is 0 Å². The van der Waals surface area contributed by atoms with Gasteiger partial charge in [-0.2, -0.15) is 34.8 Å². The Balaban J connectivity index is -0.000000875. The Morgan fingerprint density at radius 2 is 1.03 bits per heavy atom. The van der Waals surface area contributed by atoms with Crippen LogP contribution in [0, 0.1) is 0 Å². The molecule has 2 atom stereocenters. The van der Waals surface area contributed by atoms with E-state index in [9.17, 15) is 59.9 Å². The van der Waals surface area contributed by atoms with E-state index in [2.05, 4.69) is 52.8 Å². The average Bonchev–Trinajstić information content (AvgIpc) is 3.81. The van der Waals surface area contributed by atoms with E-state index in [0.717, 1.165) is 87.0 Å². The fraction of sp³-hybridized carbons (Fsp3) is 0.521. The topological polar surface area (TPSA) is 203 Å². The highest BCUT2D eigenvalue weighted by atomic mass is 36.0. The molecule has 3 aromatic rings. The lowest BCUT2D eigenvalue weighted by molar-refractivity contribution is -0.144. The highest BCUT2D eigenvalue weighted by molar-refractivity contribution is 8.31. The van der Waals surface area contributed by atoms with Gasteiger partial charge in [-0.3, -0.25) is 19.2 Å². The second-order valence-corrected chi connectivity index (χ2v) is 20.7. The first-order chi connectivity index (χ1) is 34.9. The number of esters is 4. The van der Waals surface area contributed by atoms with Gasteiger partial charge < -0.3 is 18.9 Å². The summed E-state index contributed by atoms with van der Waals surface area (Å²) in [6.07, 6.45) is 0.131. The summed E-state index contributed by atoms with van der Waals surface area (Å²) in [6, 6.07) is 9.47. The molecule has 75 heavy (non-hydrogen) atoms. The SMILES string of the molecule is CCCCC(=O)C(Cl)C(=O)OC.CCCCC(=O)C(Cl)C(=O)OC.CCCCC(=O)CC(=O)OC.CCCCc1nc(-c2ccc(C(F)(F)F)cc2)sc1C(=O)OC.FC(F)(F)c1ccc(C=S)cc1.O=S(=O)(Cl)Cl. The number of methoxy groups -OCH3 is 4. The summed E-state index contributed by atoms with van der Waals surface area (Å²) < 4.78 is 110. The fourth-order valence-corrected chi connectivity index (χ4v) is 6.50. The number of carbonyl (C=O) groups excluding carboxylic acids is 7. The molecule has 0 radical (unpaired) electrons. The second-order valence-electron chi connectivity index (χ2n) is 14.9. The van der Waals surface area contributed by atoms with Crippen LogP contribution in [0.15, 0.2) is 48.5 Å². The lowest BCUT2D eigenvalue weighted by Crippen LogP contribution is -2.25. The monoisotopic (exact) mass is 1210 g/mol. The Morgan fingerprint density at radius 3 is 1.36 bits per heavy atom. The number of aryl methyl sites for hydroxylation is 1. The zero-order valence-corrected chi connectivity index (χ0v) is 47.8. The van der Waals surface area contributed by atoms with Gasteiger partial charge in [-0.05, 0) is 61.9 Å². The summed E-state index contributed by atoms with van der Waals surface area (Å²) in [5, 5.41) is -0.395. The van der Waals surface area contributed by atoms with Crippen molar-refractivity contribution in [1.29, 1.82) is 0 Å². The van der Waals surface area contributed by atoms with Crippen molar-refractivity contribution in [2.24, 2.45) is 0 Å². The van der Waals surface area contributed by atoms with Gasteiger partial charge in [-0.1, -0.05) is 89.9 Å². The predicted octanol–water partition coefficient (Wildman–Crippen LogP) is 13.1. The van der Waals surface area contributed by atoms with E-state index in [1.54, 1.807) is 0 Å². The number of thiazole rings is 1. The van der Waals surface area contributed by atoms with Gasteiger partial charge in [0.2, 0.25) is 0 Å². The Labute approximate surface area is 461 Å². The first-order valence-corrected chi connectivity index (χ1v) is 27.8. The molecule has 0 aliphatic heterocycles. The largest absolute Gasteiger partial charge is 0.469 e. The Bertz CT molecular complexity index is 2270. The van der Waals surface area contributed by atoms with Gasteiger partial charge in [0.15, 0.2) is 22.3 Å². The number of Topliss-reactive ketones (excluding diaryl/α,β-unsaturated/α-hetero) is 3. The second kappa shape index (κ2) is 40.9. The van der Waals surface area contributed by atoms with Crippen molar-refractivity contribution in [1.82, 2.24) is 4.98 Å². The Hall–Kier alpha value is -4.26. The van der Waals surface area contributed by atoms with Crippen LogP contribution in [0.2, 0.25) is 0 Å². The van der Waals surface area contributed by atoms with Crippen LogP contribution in [-0.4, -0.2) is 99.2 Å². The lowest BCUT2D eigenvalue weighted by atomic mass is 10.1. The maximum absolute atomic E-state index is 12.6. The van der Waals surface area contributed by atoms with E-state index < -0.39 is 66.4 Å². The molecule has 0 aliphatic carbocycles. The smallest absolute Gasteiger partial charge is 0.416 e. The number of alkyl halides is 8. The van der Waals surface area contributed by atoms with E-state index in [0.29, 0.717) is 52.4 Å². The minimum Gasteiger partial charge on any atom is -0.469 e. The molecule has 0 N–H and O–H groups in total. The molecular formula is C48H61Cl4F6NO13S3. The van der Waals surface area contributed by atoms with Crippen LogP contribution >= 0.6 is 68.1 Å². The summed E-state index contributed by atoms with van der Waals surface area (Å²) in [7, 11) is 9.82. The van der Waals surface area contributed by atoms with Crippen LogP contribution in [0.5, 0.6) is 0 Å². The van der Waals surface area contributed by atoms with E-state index in [1.807, 2.05) is 27.7 Å². The van der Waals surface area contributed by atoms with Crippen molar-refractivity contribution in [3.63, 3.8) is 0 Å². The molecule has 14 nitrogen and oxygen atoms in total. The molecule has 0 saturated carbocycles. The number of aromatic nitrogens is 1. The van der Waals surface area contributed by atoms with Crippen molar-refractivity contribution < 1.29 is 87.3 Å². The van der Waals surface area contributed by atoms with Crippen LogP contribution in [0.3, 0.4) is 0 Å². The molecule has 1 aromatic heterocycles. The number of ketones is 3. The molecule has 2 aromatic carbocycles. The van der Waals surface area contributed by atoms with E-state index in [-0.39, 0.29) is 23.8 Å². The number of nitrogens with zero attached hydrogens (tertiary/aromatic N) is 1. The third kappa shape index (κ3) is 36.4. The van der Waals surface area contributed by atoms with Gasteiger partial charge in [0, 0.05) is 51.6 Å². The number of rotatable bonds is 21. The number of unbranched alkanes of at least 4 members (excludes halogenated alkanes) is 4. The maximum atomic E-state index is 12.6. The third-order valence-electron chi connectivity index (χ3n) is 8.98. The maximum Gasteiger partial charge on any atom is 0.416 e. The van der Waals surface area contributed by atoms with Gasteiger partial charge in [0.05, 0.1) is 45.3 Å². The number of benzene rings is 2. The number of thiocarbonyl (C=S) groups is 1. The van der Waals surface area contributed by atoms with Crippen LogP contribution in [0.25, 0.3) is 10.6 Å². The summed E-state index contributed by atoms with van der Waals surface area (Å²) in [4.78, 5) is 81.7. The minimum absolute atomic E-state index is 0.0290. The van der Waals surface area contributed by atoms with Crippen molar-refractivity contribution in [2.75, 3.05) is 28.4 Å². The standard InChI is InChI=1S/C16H16F3NO2S.2C8H13ClO3.C8H5F3S.C8H14O3.Cl2O2S/c1-3-4-5-12-13(15(21)22-2)23-14(20-12)10-6-8-11(9-7-10)16(17,18)19;2*1-3-4-5-6(10)7(9)8(11)12-2;9-8(10,11)7-3-1-6(5-12)2-4-7;1-3-4-5-7(9)6-8(10)11-2;1-5(2,3)4/h6-9H,3-5H2,1-2H3;2*7H,3-5H2,1-2H3;1-5H;3-6H2,1-2H3;. The van der Waals surface area contributed by atoms with Crippen molar-refractivity contribution in [2.45, 2.75) is 134 Å². The zero-order valence-electron chi connectivity index (χ0n) is 42.3. The van der Waals surface area contributed by atoms with E-state index in [1.165, 1.54) is 58.1 Å². The number of ether oxygens (including phenoxy) is 4. The zero-order chi connectivity index (χ0) is 58.5. The molecule has 3 rings (SSSR count). The molecular weight excluding hydrogens is 1150 g/mol. The lowest BCUT2D eigenvalue weighted by Gasteiger charge is -2.06. The molecule has 1 heterocycles. The van der Waals surface area contributed by atoms with Gasteiger partial charge in [-0.15, -0.1) is 34.5 Å². The molecule has 0 spiro atoms. The fourth-order valence-electron chi connectivity index (χ4n) is 4.91. The highest BCUT2D eigenvalue weighted by Gasteiger charge is 2.31. The first kappa shape index (κ1) is 75.0. The quantitative estimate of drug-likeness (QED) is 0.0185. The van der Waals surface area contributed by atoms with Gasteiger partial charge in [-0.25, -0.2) is 19.4 Å². The van der Waals surface area contributed by atoms with Gasteiger partial charge >= 0.3 is 44.5 Å². The number of halogens is 10. The van der Waals surface area contributed by atoms with Crippen LogP contribution < -0.4 is 0 Å². The average molecular weight is 1210 g/mol. The van der Waals surface area contributed by atoms with Crippen molar-refractivity contribution in [3.05, 3.63) is 75.8 Å². The highest BCUT2D eigenvalue weighted by Crippen LogP contribution is 2.34. The number of carbonyl (C=O) groups is 7. The Kier molecular flexibility index (Phi) is 40.9. The molecule has 2 unspecified atom stereocenters. The summed E-state index contributed by atoms with van der Waals surface area (Å²) in [6.45, 7) is 7.97. The van der Waals surface area contributed by atoms with Crippen LogP contribution in [-0.2, 0) is 74.8 Å². The van der Waals surface area contributed by atoms with Crippen LogP contribution in [0.1, 0.15) is 137 Å². The minimum atomic E-state index is -4.37. The van der Waals surface area contributed by atoms with E-state index >= 15 is 0 Å². The molecule has 27 heteroatoms. The molecule has 0 amide bonds. The molecule has 424 valence electrons. The molecule has 0 bridgehead atoms. The number of hydrogen-bond donors (Lipinski definition) is 0. The summed E-state index contributed by atoms with van der Waals surface area (Å²) >= 11 is 16.7. The molecule has 0 saturated heterocycles. The van der Waals surface area contributed by atoms with Crippen molar-refractivity contribution >= 4 is 123 Å². The van der Waals surface area contributed by atoms with E-state index in [4.69, 9.17) is 36.4 Å². The first-order valence-electron chi connectivity index (χ1n) is 22.5. The summed E-state index contributed by atoms with van der Waals surface area (Å²) in [5.74, 6) is -2.79. The number of hydrogen-bond acceptors (Lipinski definition) is 16. The van der Waals surface area contributed by atoms with Crippen molar-refractivity contribution in [3.8, 4) is 10.6 Å². The summed E-state index contributed by atoms with van der Waals surface area (Å²) in [5.41, 5.74) is 0.438. The Morgan fingerprint density at radius 1 is 0.640 bits per heavy atom. The molecule has 0 fully saturated rings. The van der Waals surface area contributed by atoms with Gasteiger partial charge in [0.1, 0.15) is 22.1 Å². The molecule has 0 aliphatic rings. The third-order valence-corrected chi connectivity index (χ3v) is 11.2. The normalized spacial score (nSPS) is 11.4. The van der Waals surface area contributed by atoms with Crippen LogP contribution in [0.4, 0.5) is 26.3 Å². The predicted molar refractivity (Wildman–Crippen MR) is 281 cm³/mol.